The zero-order chi connectivity index (χ0) is 20.1. The fourth-order valence-corrected chi connectivity index (χ4v) is 4.08. The normalized spacial score (nSPS) is 15.7. The number of amides is 2. The largest absolute Gasteiger partial charge is 0.465 e. The van der Waals surface area contributed by atoms with Crippen molar-refractivity contribution in [3.63, 3.8) is 0 Å². The zero-order valence-electron chi connectivity index (χ0n) is 15.4. The van der Waals surface area contributed by atoms with Gasteiger partial charge in [-0.25, -0.2) is 23.0 Å². The topological polar surface area (TPSA) is 96.9 Å². The molecule has 0 aliphatic carbocycles. The Bertz CT molecular complexity index is 931. The van der Waals surface area contributed by atoms with Crippen molar-refractivity contribution in [1.29, 1.82) is 0 Å². The first-order valence-electron chi connectivity index (χ1n) is 8.75. The maximum Gasteiger partial charge on any atom is 0.337 e. The number of sulfone groups is 1. The van der Waals surface area contributed by atoms with Gasteiger partial charge >= 0.3 is 12.0 Å². The summed E-state index contributed by atoms with van der Waals surface area (Å²) in [5, 5.41) is 0. The Morgan fingerprint density at radius 2 is 1.79 bits per heavy atom. The van der Waals surface area contributed by atoms with Crippen LogP contribution in [0.5, 0.6) is 0 Å². The number of aromatic nitrogens is 1. The maximum absolute atomic E-state index is 13.1. The van der Waals surface area contributed by atoms with Crippen LogP contribution in [0, 0.1) is 0 Å². The van der Waals surface area contributed by atoms with E-state index in [0.29, 0.717) is 11.4 Å². The van der Waals surface area contributed by atoms with Crippen LogP contribution in [-0.4, -0.2) is 62.0 Å². The average molecular weight is 403 g/mol. The number of esters is 1. The van der Waals surface area contributed by atoms with E-state index < -0.39 is 15.8 Å². The molecule has 1 aromatic heterocycles. The van der Waals surface area contributed by atoms with Crippen molar-refractivity contribution in [3.05, 3.63) is 59.8 Å². The molecule has 2 aromatic rings. The van der Waals surface area contributed by atoms with Crippen LogP contribution in [0.1, 0.15) is 15.9 Å². The van der Waals surface area contributed by atoms with Gasteiger partial charge in [0.2, 0.25) is 0 Å². The van der Waals surface area contributed by atoms with Crippen molar-refractivity contribution < 1.29 is 22.7 Å². The molecule has 9 heteroatoms. The predicted molar refractivity (Wildman–Crippen MR) is 104 cm³/mol. The van der Waals surface area contributed by atoms with Gasteiger partial charge in [-0.15, -0.1) is 0 Å². The Hall–Kier alpha value is -2.94. The minimum absolute atomic E-state index is 0.0391. The van der Waals surface area contributed by atoms with E-state index in [1.54, 1.807) is 48.7 Å². The molecule has 1 aliphatic rings. The molecular weight excluding hydrogens is 382 g/mol. The van der Waals surface area contributed by atoms with Crippen LogP contribution in [0.15, 0.2) is 48.7 Å². The molecular formula is C19H21N3O5S. The molecule has 0 bridgehead atoms. The second-order valence-electron chi connectivity index (χ2n) is 6.38. The maximum atomic E-state index is 13.1. The predicted octanol–water partition coefficient (Wildman–Crippen LogP) is 1.73. The third-order valence-corrected chi connectivity index (χ3v) is 6.10. The SMILES string of the molecule is COC(=O)c1ccc(CN(C(=O)N2CCS(=O)(=O)CC2)c2ccccn2)cc1. The van der Waals surface area contributed by atoms with E-state index in [0.717, 1.165) is 5.56 Å². The minimum Gasteiger partial charge on any atom is -0.465 e. The number of hydrogen-bond donors (Lipinski definition) is 0. The van der Waals surface area contributed by atoms with Crippen molar-refractivity contribution in [2.24, 2.45) is 0 Å². The molecule has 0 radical (unpaired) electrons. The summed E-state index contributed by atoms with van der Waals surface area (Å²) < 4.78 is 28.0. The molecule has 0 N–H and O–H groups in total. The van der Waals surface area contributed by atoms with Gasteiger partial charge in [0.15, 0.2) is 9.84 Å². The molecule has 1 aromatic carbocycles. The number of methoxy groups -OCH3 is 1. The molecule has 1 saturated heterocycles. The monoisotopic (exact) mass is 403 g/mol. The number of ether oxygens (including phenoxy) is 1. The van der Waals surface area contributed by atoms with E-state index in [9.17, 15) is 18.0 Å². The van der Waals surface area contributed by atoms with Crippen LogP contribution in [0.3, 0.4) is 0 Å². The lowest BCUT2D eigenvalue weighted by molar-refractivity contribution is 0.0600. The number of hydrogen-bond acceptors (Lipinski definition) is 6. The highest BCUT2D eigenvalue weighted by Crippen LogP contribution is 2.18. The van der Waals surface area contributed by atoms with E-state index in [1.807, 2.05) is 0 Å². The molecule has 0 atom stereocenters. The second-order valence-corrected chi connectivity index (χ2v) is 8.69. The van der Waals surface area contributed by atoms with E-state index in [1.165, 1.54) is 16.9 Å². The highest BCUT2D eigenvalue weighted by atomic mass is 32.2. The summed E-state index contributed by atoms with van der Waals surface area (Å²) in [6, 6.07) is 11.7. The number of urea groups is 1. The van der Waals surface area contributed by atoms with Gasteiger partial charge in [-0.1, -0.05) is 18.2 Å². The Kier molecular flexibility index (Phi) is 5.93. The summed E-state index contributed by atoms with van der Waals surface area (Å²) in [7, 11) is -1.77. The summed E-state index contributed by atoms with van der Waals surface area (Å²) in [6.07, 6.45) is 1.59. The fourth-order valence-electron chi connectivity index (χ4n) is 2.88. The molecule has 0 saturated carbocycles. The summed E-state index contributed by atoms with van der Waals surface area (Å²) in [5.74, 6) is -0.0395. The lowest BCUT2D eigenvalue weighted by Crippen LogP contribution is -2.50. The number of pyridine rings is 1. The van der Waals surface area contributed by atoms with Crippen molar-refractivity contribution >= 4 is 27.7 Å². The van der Waals surface area contributed by atoms with Crippen LogP contribution in [0.4, 0.5) is 10.6 Å². The van der Waals surface area contributed by atoms with Crippen molar-refractivity contribution in [1.82, 2.24) is 9.88 Å². The Labute approximate surface area is 163 Å². The first-order chi connectivity index (χ1) is 13.4. The number of carbonyl (C=O) groups excluding carboxylic acids is 2. The molecule has 28 heavy (non-hydrogen) atoms. The van der Waals surface area contributed by atoms with Gasteiger partial charge in [-0.05, 0) is 29.8 Å². The van der Waals surface area contributed by atoms with Gasteiger partial charge < -0.3 is 9.64 Å². The van der Waals surface area contributed by atoms with Crippen LogP contribution < -0.4 is 4.90 Å². The second kappa shape index (κ2) is 8.39. The molecule has 0 unspecified atom stereocenters. The van der Waals surface area contributed by atoms with E-state index in [4.69, 9.17) is 4.74 Å². The third-order valence-electron chi connectivity index (χ3n) is 4.49. The third kappa shape index (κ3) is 4.66. The average Bonchev–Trinajstić information content (AvgIpc) is 2.72. The summed E-state index contributed by atoms with van der Waals surface area (Å²) in [6.45, 7) is 0.554. The van der Waals surface area contributed by atoms with Gasteiger partial charge in [-0.2, -0.15) is 0 Å². The highest BCUT2D eigenvalue weighted by Gasteiger charge is 2.29. The molecule has 1 fully saturated rings. The van der Waals surface area contributed by atoms with Gasteiger partial charge in [0.1, 0.15) is 5.82 Å². The van der Waals surface area contributed by atoms with Gasteiger partial charge in [0.05, 0.1) is 30.7 Å². The van der Waals surface area contributed by atoms with Gasteiger partial charge in [0.25, 0.3) is 0 Å². The number of anilines is 1. The lowest BCUT2D eigenvalue weighted by atomic mass is 10.1. The first kappa shape index (κ1) is 19.8. The summed E-state index contributed by atoms with van der Waals surface area (Å²) >= 11 is 0. The molecule has 2 heterocycles. The Morgan fingerprint density at radius 1 is 1.11 bits per heavy atom. The summed E-state index contributed by atoms with van der Waals surface area (Å²) in [4.78, 5) is 32.0. The van der Waals surface area contributed by atoms with Gasteiger partial charge in [0, 0.05) is 19.3 Å². The smallest absolute Gasteiger partial charge is 0.337 e. The molecule has 2 amide bonds. The molecule has 3 rings (SSSR count). The van der Waals surface area contributed by atoms with Crippen LogP contribution in [-0.2, 0) is 21.1 Å². The standard InChI is InChI=1S/C19H21N3O5S/c1-27-18(23)16-7-5-15(6-8-16)14-22(17-4-2-3-9-20-17)19(24)21-10-12-28(25,26)13-11-21/h2-9H,10-14H2,1H3. The summed E-state index contributed by atoms with van der Waals surface area (Å²) in [5.41, 5.74) is 1.22. The van der Waals surface area contributed by atoms with Crippen LogP contribution in [0.2, 0.25) is 0 Å². The van der Waals surface area contributed by atoms with E-state index >= 15 is 0 Å². The molecule has 1 aliphatic heterocycles. The van der Waals surface area contributed by atoms with Crippen molar-refractivity contribution in [2.75, 3.05) is 36.6 Å². The van der Waals surface area contributed by atoms with Crippen LogP contribution in [0.25, 0.3) is 0 Å². The zero-order valence-corrected chi connectivity index (χ0v) is 16.3. The minimum atomic E-state index is -3.09. The quantitative estimate of drug-likeness (QED) is 0.721. The molecule has 148 valence electrons. The first-order valence-corrected chi connectivity index (χ1v) is 10.6. The number of nitrogens with zero attached hydrogens (tertiary/aromatic N) is 3. The number of carbonyl (C=O) groups is 2. The Morgan fingerprint density at radius 3 is 2.36 bits per heavy atom. The van der Waals surface area contributed by atoms with Crippen LogP contribution >= 0.6 is 0 Å². The molecule has 0 spiro atoms. The Balaban J connectivity index is 1.82. The lowest BCUT2D eigenvalue weighted by Gasteiger charge is -2.32. The fraction of sp³-hybridized carbons (Fsp3) is 0.316. The highest BCUT2D eigenvalue weighted by molar-refractivity contribution is 7.91. The number of benzene rings is 1. The van der Waals surface area contributed by atoms with Crippen molar-refractivity contribution in [2.45, 2.75) is 6.54 Å². The van der Waals surface area contributed by atoms with Gasteiger partial charge in [-0.3, -0.25) is 4.90 Å². The van der Waals surface area contributed by atoms with E-state index in [2.05, 4.69) is 4.98 Å². The van der Waals surface area contributed by atoms with E-state index in [-0.39, 0.29) is 37.2 Å². The van der Waals surface area contributed by atoms with Crippen molar-refractivity contribution in [3.8, 4) is 0 Å². The number of rotatable bonds is 4. The molecule has 8 nitrogen and oxygen atoms in total.